The van der Waals surface area contributed by atoms with Gasteiger partial charge in [-0.3, -0.25) is 0 Å². The normalized spacial score (nSPS) is 14.6. The van der Waals surface area contributed by atoms with Crippen molar-refractivity contribution < 1.29 is 8.42 Å². The Bertz CT molecular complexity index is 1600. The molecule has 4 aromatic carbocycles. The molecule has 0 bridgehead atoms. The van der Waals surface area contributed by atoms with E-state index in [0.717, 1.165) is 70.7 Å². The van der Waals surface area contributed by atoms with Gasteiger partial charge in [0.1, 0.15) is 5.25 Å². The van der Waals surface area contributed by atoms with Crippen LogP contribution in [0.1, 0.15) is 51.8 Å². The first-order valence-electron chi connectivity index (χ1n) is 15.0. The first-order chi connectivity index (χ1) is 20.6. The van der Waals surface area contributed by atoms with Gasteiger partial charge in [-0.2, -0.15) is 0 Å². The van der Waals surface area contributed by atoms with Crippen molar-refractivity contribution >= 4 is 26.8 Å². The van der Waals surface area contributed by atoms with Crippen molar-refractivity contribution in [3.8, 4) is 0 Å². The summed E-state index contributed by atoms with van der Waals surface area (Å²) in [6.07, 6.45) is 3.97. The van der Waals surface area contributed by atoms with Gasteiger partial charge >= 0.3 is 0 Å². The lowest BCUT2D eigenvalue weighted by Gasteiger charge is -2.28. The van der Waals surface area contributed by atoms with E-state index in [1.165, 1.54) is 0 Å². The van der Waals surface area contributed by atoms with Crippen molar-refractivity contribution in [2.75, 3.05) is 51.1 Å². The summed E-state index contributed by atoms with van der Waals surface area (Å²) in [5.74, 6) is 0.309. The Labute approximate surface area is 257 Å². The third-order valence-corrected chi connectivity index (χ3v) is 10.5. The van der Waals surface area contributed by atoms with Crippen molar-refractivity contribution in [1.82, 2.24) is 5.32 Å². The molecule has 224 valence electrons. The van der Waals surface area contributed by atoms with Crippen LogP contribution in [0.2, 0.25) is 0 Å². The van der Waals surface area contributed by atoms with Gasteiger partial charge in [0.15, 0.2) is 9.84 Å². The molecule has 1 aliphatic rings. The Hall–Kier alpha value is -3.87. The predicted octanol–water partition coefficient (Wildman–Crippen LogP) is 7.24. The van der Waals surface area contributed by atoms with E-state index in [2.05, 4.69) is 69.7 Å². The van der Waals surface area contributed by atoms with Crippen molar-refractivity contribution in [2.24, 2.45) is 0 Å². The van der Waals surface area contributed by atoms with Crippen LogP contribution < -0.4 is 15.1 Å². The number of piperidine rings is 1. The molecule has 43 heavy (non-hydrogen) atoms. The lowest BCUT2D eigenvalue weighted by Crippen LogP contribution is -2.27. The Kier molecular flexibility index (Phi) is 9.38. The van der Waals surface area contributed by atoms with Gasteiger partial charge in [-0.25, -0.2) is 8.42 Å². The van der Waals surface area contributed by atoms with E-state index in [4.69, 9.17) is 0 Å². The Morgan fingerprint density at radius 3 is 1.77 bits per heavy atom. The number of hydrogen-bond acceptors (Lipinski definition) is 5. The zero-order valence-corrected chi connectivity index (χ0v) is 26.7. The second kappa shape index (κ2) is 13.2. The zero-order valence-electron chi connectivity index (χ0n) is 25.9. The molecule has 1 aliphatic heterocycles. The van der Waals surface area contributed by atoms with Crippen LogP contribution in [-0.2, 0) is 9.84 Å². The molecule has 0 radical (unpaired) electrons. The summed E-state index contributed by atoms with van der Waals surface area (Å²) in [4.78, 5) is 4.47. The standard InChI is InChI=1S/C37H43N3O2S/c1-27-10-20-33(21-11-27)43(41,42)37(35-9-7-6-8-34(35)30-22-24-38-25-23-30)26-36(28-12-16-31(17-13-28)39(2)3)29-14-18-32(19-15-29)40(4)5/h6-21,26,30,37-38H,22-25H2,1-5H3. The third kappa shape index (κ3) is 6.87. The average Bonchev–Trinajstić information content (AvgIpc) is 3.02. The third-order valence-electron chi connectivity index (χ3n) is 8.47. The SMILES string of the molecule is Cc1ccc(S(=O)(=O)C(C=C(c2ccc(N(C)C)cc2)c2ccc(N(C)C)cc2)c2ccccc2C2CCNCC2)cc1. The highest BCUT2D eigenvalue weighted by Gasteiger charge is 2.32. The smallest absolute Gasteiger partial charge is 0.188 e. The maximum absolute atomic E-state index is 14.7. The topological polar surface area (TPSA) is 52.7 Å². The fraction of sp³-hybridized carbons (Fsp3) is 0.297. The first-order valence-corrected chi connectivity index (χ1v) is 16.6. The van der Waals surface area contributed by atoms with Crippen molar-refractivity contribution in [1.29, 1.82) is 0 Å². The minimum Gasteiger partial charge on any atom is -0.378 e. The Balaban J connectivity index is 1.75. The van der Waals surface area contributed by atoms with Crippen LogP contribution in [0.15, 0.2) is 108 Å². The number of nitrogens with one attached hydrogen (secondary N) is 1. The predicted molar refractivity (Wildman–Crippen MR) is 181 cm³/mol. The molecule has 1 heterocycles. The summed E-state index contributed by atoms with van der Waals surface area (Å²) >= 11 is 0. The molecule has 4 aromatic rings. The number of aryl methyl sites for hydroxylation is 1. The lowest BCUT2D eigenvalue weighted by molar-refractivity contribution is 0.458. The zero-order chi connectivity index (χ0) is 30.6. The van der Waals surface area contributed by atoms with Gasteiger partial charge in [0, 0.05) is 39.6 Å². The van der Waals surface area contributed by atoms with Crippen LogP contribution in [0, 0.1) is 6.92 Å². The molecule has 5 rings (SSSR count). The second-order valence-electron chi connectivity index (χ2n) is 11.9. The van der Waals surface area contributed by atoms with Crippen molar-refractivity contribution in [3.63, 3.8) is 0 Å². The largest absolute Gasteiger partial charge is 0.378 e. The molecule has 0 saturated carbocycles. The van der Waals surface area contributed by atoms with E-state index in [-0.39, 0.29) is 0 Å². The molecule has 5 nitrogen and oxygen atoms in total. The molecule has 0 aliphatic carbocycles. The molecular formula is C37H43N3O2S. The number of hydrogen-bond donors (Lipinski definition) is 1. The van der Waals surface area contributed by atoms with Gasteiger partial charge in [-0.05, 0) is 103 Å². The second-order valence-corrected chi connectivity index (χ2v) is 14.0. The maximum Gasteiger partial charge on any atom is 0.188 e. The molecule has 1 fully saturated rings. The summed E-state index contributed by atoms with van der Waals surface area (Å²) in [5.41, 5.74) is 8.06. The minimum atomic E-state index is -3.79. The number of sulfone groups is 1. The Morgan fingerprint density at radius 2 is 1.26 bits per heavy atom. The van der Waals surface area contributed by atoms with Crippen LogP contribution in [0.25, 0.3) is 5.57 Å². The van der Waals surface area contributed by atoms with Crippen molar-refractivity contribution in [2.45, 2.75) is 35.8 Å². The average molecular weight is 594 g/mol. The van der Waals surface area contributed by atoms with E-state index in [9.17, 15) is 8.42 Å². The molecule has 6 heteroatoms. The highest BCUT2D eigenvalue weighted by molar-refractivity contribution is 7.91. The van der Waals surface area contributed by atoms with E-state index < -0.39 is 15.1 Å². The van der Waals surface area contributed by atoms with E-state index in [0.29, 0.717) is 10.8 Å². The molecule has 1 saturated heterocycles. The summed E-state index contributed by atoms with van der Waals surface area (Å²) in [5, 5.41) is 2.59. The number of nitrogens with zero attached hydrogens (tertiary/aromatic N) is 2. The fourth-order valence-electron chi connectivity index (χ4n) is 5.88. The van der Waals surface area contributed by atoms with Gasteiger partial charge in [0.05, 0.1) is 4.90 Å². The first kappa shape index (κ1) is 30.6. The molecule has 0 aromatic heterocycles. The summed E-state index contributed by atoms with van der Waals surface area (Å²) in [7, 11) is 4.29. The molecule has 0 spiro atoms. The van der Waals surface area contributed by atoms with Crippen LogP contribution in [0.3, 0.4) is 0 Å². The minimum absolute atomic E-state index is 0.309. The number of anilines is 2. The summed E-state index contributed by atoms with van der Waals surface area (Å²) in [6.45, 7) is 3.85. The monoisotopic (exact) mass is 593 g/mol. The van der Waals surface area contributed by atoms with Gasteiger partial charge in [0.2, 0.25) is 0 Å². The highest BCUT2D eigenvalue weighted by atomic mass is 32.2. The van der Waals surface area contributed by atoms with Crippen LogP contribution in [-0.4, -0.2) is 49.7 Å². The van der Waals surface area contributed by atoms with Crippen LogP contribution in [0.4, 0.5) is 11.4 Å². The van der Waals surface area contributed by atoms with Gasteiger partial charge in [-0.1, -0.05) is 72.3 Å². The fourth-order valence-corrected chi connectivity index (χ4v) is 7.56. The van der Waals surface area contributed by atoms with Gasteiger partial charge in [0.25, 0.3) is 0 Å². The van der Waals surface area contributed by atoms with Crippen LogP contribution in [0.5, 0.6) is 0 Å². The highest BCUT2D eigenvalue weighted by Crippen LogP contribution is 2.40. The molecule has 1 N–H and O–H groups in total. The molecular weight excluding hydrogens is 550 g/mol. The lowest BCUT2D eigenvalue weighted by atomic mass is 9.85. The van der Waals surface area contributed by atoms with Crippen molar-refractivity contribution in [3.05, 3.63) is 131 Å². The van der Waals surface area contributed by atoms with Gasteiger partial charge < -0.3 is 15.1 Å². The number of benzene rings is 4. The van der Waals surface area contributed by atoms with Gasteiger partial charge in [-0.15, -0.1) is 0 Å². The molecule has 1 unspecified atom stereocenters. The van der Waals surface area contributed by atoms with E-state index in [1.807, 2.05) is 71.5 Å². The number of rotatable bonds is 9. The van der Waals surface area contributed by atoms with E-state index in [1.54, 1.807) is 12.1 Å². The maximum atomic E-state index is 14.7. The quantitative estimate of drug-likeness (QED) is 0.222. The van der Waals surface area contributed by atoms with E-state index >= 15 is 0 Å². The molecule has 0 amide bonds. The summed E-state index contributed by atoms with van der Waals surface area (Å²) < 4.78 is 29.4. The summed E-state index contributed by atoms with van der Waals surface area (Å²) in [6, 6.07) is 32.1. The Morgan fingerprint density at radius 1 is 0.744 bits per heavy atom. The molecule has 1 atom stereocenters. The van der Waals surface area contributed by atoms with Crippen LogP contribution >= 0.6 is 0 Å².